The highest BCUT2D eigenvalue weighted by molar-refractivity contribution is 9.10. The van der Waals surface area contributed by atoms with Crippen LogP contribution in [0.5, 0.6) is 0 Å². The molecular formula is C10H9BrN2O3S2. The fraction of sp³-hybridized carbons (Fsp3) is 0.200. The van der Waals surface area contributed by atoms with Crippen molar-refractivity contribution in [1.29, 1.82) is 0 Å². The number of hydrogen-bond donors (Lipinski definition) is 1. The number of aliphatic hydroxyl groups excluding tert-OH is 1. The van der Waals surface area contributed by atoms with Crippen LogP contribution >= 0.6 is 27.5 Å². The molecule has 0 aliphatic rings. The van der Waals surface area contributed by atoms with Gasteiger partial charge in [0.2, 0.25) is 0 Å². The lowest BCUT2D eigenvalue weighted by molar-refractivity contribution is 0.281. The Hall–Kier alpha value is -0.830. The molecule has 0 atom stereocenters. The number of sulfone groups is 1. The van der Waals surface area contributed by atoms with E-state index in [2.05, 4.69) is 25.3 Å². The average Bonchev–Trinajstić information content (AvgIpc) is 2.81. The van der Waals surface area contributed by atoms with Gasteiger partial charge in [-0.05, 0) is 29.2 Å². The Bertz CT molecular complexity index is 641. The Morgan fingerprint density at radius 2 is 2.17 bits per heavy atom. The molecule has 0 spiro atoms. The molecule has 2 aromatic rings. The van der Waals surface area contributed by atoms with E-state index in [-0.39, 0.29) is 17.3 Å². The van der Waals surface area contributed by atoms with Crippen molar-refractivity contribution in [1.82, 2.24) is 9.36 Å². The summed E-state index contributed by atoms with van der Waals surface area (Å²) in [7, 11) is -3.43. The summed E-state index contributed by atoms with van der Waals surface area (Å²) in [5.41, 5.74) is 0.643. The van der Waals surface area contributed by atoms with E-state index in [1.54, 1.807) is 6.07 Å². The first-order valence-electron chi connectivity index (χ1n) is 4.90. The average molecular weight is 349 g/mol. The third kappa shape index (κ3) is 2.94. The van der Waals surface area contributed by atoms with Crippen LogP contribution in [-0.2, 0) is 22.2 Å². The van der Waals surface area contributed by atoms with Crippen molar-refractivity contribution in [3.63, 3.8) is 0 Å². The fourth-order valence-corrected chi connectivity index (χ4v) is 4.14. The van der Waals surface area contributed by atoms with E-state index >= 15 is 0 Å². The second-order valence-electron chi connectivity index (χ2n) is 3.51. The van der Waals surface area contributed by atoms with Crippen molar-refractivity contribution in [3.05, 3.63) is 39.6 Å². The Morgan fingerprint density at radius 1 is 1.39 bits per heavy atom. The normalized spacial score (nSPS) is 11.7. The maximum Gasteiger partial charge on any atom is 0.185 e. The van der Waals surface area contributed by atoms with Gasteiger partial charge in [-0.25, -0.2) is 13.4 Å². The van der Waals surface area contributed by atoms with Gasteiger partial charge in [0.05, 0.1) is 11.5 Å². The summed E-state index contributed by atoms with van der Waals surface area (Å²) in [4.78, 5) is 4.06. The minimum atomic E-state index is -3.43. The van der Waals surface area contributed by atoms with Gasteiger partial charge in [0.1, 0.15) is 17.1 Å². The first-order chi connectivity index (χ1) is 8.53. The molecule has 0 aliphatic carbocycles. The number of aromatic nitrogens is 2. The summed E-state index contributed by atoms with van der Waals surface area (Å²) < 4.78 is 28.6. The number of rotatable bonds is 4. The molecule has 0 radical (unpaired) electrons. The maximum atomic E-state index is 12.1. The highest BCUT2D eigenvalue weighted by Crippen LogP contribution is 2.24. The van der Waals surface area contributed by atoms with Gasteiger partial charge in [0.25, 0.3) is 0 Å². The number of benzene rings is 1. The summed E-state index contributed by atoms with van der Waals surface area (Å²) in [5.74, 6) is -0.164. The third-order valence-corrected chi connectivity index (χ3v) is 5.48. The Balaban J connectivity index is 2.33. The van der Waals surface area contributed by atoms with Crippen LogP contribution in [0.25, 0.3) is 0 Å². The summed E-state index contributed by atoms with van der Waals surface area (Å²) >= 11 is 4.29. The van der Waals surface area contributed by atoms with Crippen molar-refractivity contribution in [2.45, 2.75) is 17.3 Å². The molecule has 5 nitrogen and oxygen atoms in total. The Labute approximate surface area is 117 Å². The Kier molecular flexibility index (Phi) is 4.10. The van der Waals surface area contributed by atoms with Crippen LogP contribution < -0.4 is 0 Å². The zero-order valence-electron chi connectivity index (χ0n) is 9.08. The van der Waals surface area contributed by atoms with Crippen LogP contribution in [0.2, 0.25) is 0 Å². The topological polar surface area (TPSA) is 80.2 Å². The van der Waals surface area contributed by atoms with Crippen molar-refractivity contribution in [2.24, 2.45) is 0 Å². The van der Waals surface area contributed by atoms with E-state index in [0.29, 0.717) is 15.0 Å². The zero-order chi connectivity index (χ0) is 13.2. The molecule has 96 valence electrons. The van der Waals surface area contributed by atoms with Crippen molar-refractivity contribution >= 4 is 37.3 Å². The lowest BCUT2D eigenvalue weighted by atomic mass is 10.2. The summed E-state index contributed by atoms with van der Waals surface area (Å²) in [6.07, 6.45) is 1.33. The standard InChI is InChI=1S/C10H9BrN2O3S2/c11-9-3-8(2-1-7(9)4-14)18(15,16)5-10-12-6-13-17-10/h1-3,6,14H,4-5H2. The molecule has 0 saturated heterocycles. The van der Waals surface area contributed by atoms with Crippen LogP contribution in [0.4, 0.5) is 0 Å². The number of halogens is 1. The maximum absolute atomic E-state index is 12.1. The summed E-state index contributed by atoms with van der Waals surface area (Å²) in [6, 6.07) is 4.55. The van der Waals surface area contributed by atoms with Gasteiger partial charge in [-0.1, -0.05) is 22.0 Å². The second-order valence-corrected chi connectivity index (χ2v) is 7.21. The van der Waals surface area contributed by atoms with Crippen LogP contribution in [0, 0.1) is 0 Å². The molecule has 1 aromatic carbocycles. The first-order valence-corrected chi connectivity index (χ1v) is 8.12. The van der Waals surface area contributed by atoms with Crippen molar-refractivity contribution in [2.75, 3.05) is 0 Å². The molecule has 0 amide bonds. The van der Waals surface area contributed by atoms with Gasteiger partial charge in [-0.2, -0.15) is 4.37 Å². The fourth-order valence-electron chi connectivity index (χ4n) is 1.36. The molecule has 1 N–H and O–H groups in total. The van der Waals surface area contributed by atoms with Crippen LogP contribution in [-0.4, -0.2) is 22.9 Å². The third-order valence-electron chi connectivity index (χ3n) is 2.27. The van der Waals surface area contributed by atoms with Crippen molar-refractivity contribution in [3.8, 4) is 0 Å². The van der Waals surface area contributed by atoms with Gasteiger partial charge in [-0.3, -0.25) is 0 Å². The van der Waals surface area contributed by atoms with E-state index in [1.165, 1.54) is 18.5 Å². The van der Waals surface area contributed by atoms with Gasteiger partial charge in [-0.15, -0.1) is 0 Å². The molecule has 2 rings (SSSR count). The minimum absolute atomic E-state index is 0.142. The van der Waals surface area contributed by atoms with Gasteiger partial charge < -0.3 is 5.11 Å². The highest BCUT2D eigenvalue weighted by atomic mass is 79.9. The van der Waals surface area contributed by atoms with Crippen LogP contribution in [0.1, 0.15) is 10.6 Å². The van der Waals surface area contributed by atoms with E-state index in [0.717, 1.165) is 11.5 Å². The SMILES string of the molecule is O=S(=O)(Cc1ncns1)c1ccc(CO)c(Br)c1. The van der Waals surface area contributed by atoms with E-state index in [1.807, 2.05) is 0 Å². The molecule has 0 fully saturated rings. The molecule has 0 bridgehead atoms. The first kappa shape index (κ1) is 13.6. The van der Waals surface area contributed by atoms with Gasteiger partial charge >= 0.3 is 0 Å². The molecule has 0 aliphatic heterocycles. The number of aliphatic hydroxyl groups is 1. The molecule has 8 heteroatoms. The van der Waals surface area contributed by atoms with Crippen LogP contribution in [0.3, 0.4) is 0 Å². The molecule has 1 aromatic heterocycles. The van der Waals surface area contributed by atoms with Gasteiger partial charge in [0, 0.05) is 4.47 Å². The van der Waals surface area contributed by atoms with Gasteiger partial charge in [0.15, 0.2) is 9.84 Å². The number of hydrogen-bond acceptors (Lipinski definition) is 6. The van der Waals surface area contributed by atoms with E-state index in [4.69, 9.17) is 5.11 Å². The number of nitrogens with zero attached hydrogens (tertiary/aromatic N) is 2. The molecule has 18 heavy (non-hydrogen) atoms. The minimum Gasteiger partial charge on any atom is -0.392 e. The predicted molar refractivity (Wildman–Crippen MR) is 70.9 cm³/mol. The van der Waals surface area contributed by atoms with E-state index in [9.17, 15) is 8.42 Å². The van der Waals surface area contributed by atoms with E-state index < -0.39 is 9.84 Å². The summed E-state index contributed by atoms with van der Waals surface area (Å²) in [6.45, 7) is -0.142. The lowest BCUT2D eigenvalue weighted by Crippen LogP contribution is -2.05. The largest absolute Gasteiger partial charge is 0.392 e. The molecule has 0 unspecified atom stereocenters. The monoisotopic (exact) mass is 348 g/mol. The Morgan fingerprint density at radius 3 is 2.72 bits per heavy atom. The molecule has 0 saturated carbocycles. The smallest absolute Gasteiger partial charge is 0.185 e. The second kappa shape index (κ2) is 5.43. The predicted octanol–water partition coefficient (Wildman–Crippen LogP) is 1.77. The molecular weight excluding hydrogens is 340 g/mol. The highest BCUT2D eigenvalue weighted by Gasteiger charge is 2.18. The van der Waals surface area contributed by atoms with Crippen LogP contribution in [0.15, 0.2) is 33.9 Å². The quantitative estimate of drug-likeness (QED) is 0.910. The summed E-state index contributed by atoms with van der Waals surface area (Å²) in [5, 5.41) is 9.48. The van der Waals surface area contributed by atoms with Crippen molar-refractivity contribution < 1.29 is 13.5 Å². The lowest BCUT2D eigenvalue weighted by Gasteiger charge is -2.05. The molecule has 1 heterocycles. The zero-order valence-corrected chi connectivity index (χ0v) is 12.3.